The minimum Gasteiger partial charge on any atom is -0.491 e. The maximum absolute atomic E-state index is 12.4. The number of ether oxygens (including phenoxy) is 1. The number of pyridine rings is 1. The largest absolute Gasteiger partial charge is 0.491 e. The third-order valence-electron chi connectivity index (χ3n) is 4.65. The van der Waals surface area contributed by atoms with Gasteiger partial charge < -0.3 is 15.2 Å². The number of alkyl halides is 1. The highest BCUT2D eigenvalue weighted by Crippen LogP contribution is 2.32. The van der Waals surface area contributed by atoms with Crippen LogP contribution in [0.3, 0.4) is 0 Å². The summed E-state index contributed by atoms with van der Waals surface area (Å²) in [4.78, 5) is 9.00. The Hall–Kier alpha value is -3.29. The fourth-order valence-electron chi connectivity index (χ4n) is 2.94. The minimum atomic E-state index is -1.11. The summed E-state index contributed by atoms with van der Waals surface area (Å²) in [7, 11) is 1.85. The first-order chi connectivity index (χ1) is 15.1. The van der Waals surface area contributed by atoms with Gasteiger partial charge in [-0.05, 0) is 41.5 Å². The Labute approximate surface area is 183 Å². The van der Waals surface area contributed by atoms with Crippen LogP contribution in [0.2, 0.25) is 0 Å². The maximum Gasteiger partial charge on any atom is 0.125 e. The number of nitrogens with one attached hydrogen (secondary N) is 1. The molecule has 31 heavy (non-hydrogen) atoms. The van der Waals surface area contributed by atoms with Crippen molar-refractivity contribution in [3.63, 3.8) is 0 Å². The van der Waals surface area contributed by atoms with Crippen molar-refractivity contribution in [2.75, 3.05) is 25.6 Å². The summed E-state index contributed by atoms with van der Waals surface area (Å²) in [5.41, 5.74) is 4.03. The quantitative estimate of drug-likeness (QED) is 0.394. The maximum atomic E-state index is 12.4. The molecule has 4 aromatic rings. The van der Waals surface area contributed by atoms with Gasteiger partial charge in [0, 0.05) is 18.8 Å². The zero-order valence-electron chi connectivity index (χ0n) is 17.0. The van der Waals surface area contributed by atoms with E-state index in [0.717, 1.165) is 37.7 Å². The molecule has 5 nitrogen and oxygen atoms in total. The number of aliphatic hydroxyl groups is 1. The fraction of sp³-hybridized carbons (Fsp3) is 0.167. The Morgan fingerprint density at radius 3 is 2.58 bits per heavy atom. The first-order valence-electron chi connectivity index (χ1n) is 9.84. The average molecular weight is 436 g/mol. The van der Waals surface area contributed by atoms with Gasteiger partial charge in [-0.2, -0.15) is 0 Å². The van der Waals surface area contributed by atoms with Crippen LogP contribution in [0.5, 0.6) is 5.75 Å². The molecular formula is C24H22FN3O2S. The molecule has 0 aliphatic rings. The number of anilines is 1. The van der Waals surface area contributed by atoms with Crippen LogP contribution in [0.25, 0.3) is 32.9 Å². The first kappa shape index (κ1) is 21.0. The van der Waals surface area contributed by atoms with Crippen molar-refractivity contribution in [2.24, 2.45) is 0 Å². The molecule has 0 spiro atoms. The van der Waals surface area contributed by atoms with E-state index in [2.05, 4.69) is 34.6 Å². The molecule has 1 atom stereocenters. The molecule has 0 aliphatic heterocycles. The lowest BCUT2D eigenvalue weighted by molar-refractivity contribution is 0.0842. The van der Waals surface area contributed by atoms with Crippen LogP contribution >= 0.6 is 11.3 Å². The lowest BCUT2D eigenvalue weighted by atomic mass is 10.1. The van der Waals surface area contributed by atoms with Gasteiger partial charge in [-0.25, -0.2) is 14.4 Å². The van der Waals surface area contributed by atoms with Crippen molar-refractivity contribution in [2.45, 2.75) is 6.10 Å². The monoisotopic (exact) mass is 435 g/mol. The summed E-state index contributed by atoms with van der Waals surface area (Å²) >= 11 is 1.56. The van der Waals surface area contributed by atoms with E-state index in [1.807, 2.05) is 49.7 Å². The van der Waals surface area contributed by atoms with E-state index in [4.69, 9.17) is 9.72 Å². The molecule has 2 aromatic carbocycles. The highest BCUT2D eigenvalue weighted by molar-refractivity contribution is 7.21. The second-order valence-corrected chi connectivity index (χ2v) is 7.98. The second-order valence-electron chi connectivity index (χ2n) is 6.95. The van der Waals surface area contributed by atoms with Crippen LogP contribution in [0.4, 0.5) is 10.2 Å². The lowest BCUT2D eigenvalue weighted by Gasteiger charge is -2.08. The highest BCUT2D eigenvalue weighted by atomic mass is 32.1. The number of rotatable bonds is 8. The standard InChI is InChI=1S/C24H22FN3O2S/c1-26-23-11-6-17(14-27-23)3-2-16-4-7-18(8-5-16)24-28-21-10-9-20(12-22(21)31-24)30-15-19(29)13-25/h2-12,14,19,29H,13,15H2,1H3,(H,26,27)/b3-2+. The smallest absolute Gasteiger partial charge is 0.125 e. The first-order valence-corrected chi connectivity index (χ1v) is 10.7. The molecule has 0 aliphatic carbocycles. The van der Waals surface area contributed by atoms with Crippen molar-refractivity contribution in [1.29, 1.82) is 0 Å². The normalized spacial score (nSPS) is 12.4. The molecule has 0 fully saturated rings. The number of aromatic nitrogens is 2. The van der Waals surface area contributed by atoms with E-state index in [1.165, 1.54) is 0 Å². The Morgan fingerprint density at radius 2 is 1.87 bits per heavy atom. The number of hydrogen-bond donors (Lipinski definition) is 2. The molecule has 4 rings (SSSR count). The Bertz CT molecular complexity index is 1170. The molecular weight excluding hydrogens is 413 g/mol. The Morgan fingerprint density at radius 1 is 1.10 bits per heavy atom. The molecule has 0 saturated carbocycles. The van der Waals surface area contributed by atoms with Gasteiger partial charge in [-0.3, -0.25) is 0 Å². The number of hydrogen-bond acceptors (Lipinski definition) is 6. The van der Waals surface area contributed by atoms with Crippen LogP contribution in [0.1, 0.15) is 11.1 Å². The summed E-state index contributed by atoms with van der Waals surface area (Å²) < 4.78 is 18.8. The van der Waals surface area contributed by atoms with Crippen LogP contribution in [-0.4, -0.2) is 41.5 Å². The minimum absolute atomic E-state index is 0.0711. The van der Waals surface area contributed by atoms with Crippen molar-refractivity contribution < 1.29 is 14.2 Å². The topological polar surface area (TPSA) is 67.3 Å². The van der Waals surface area contributed by atoms with E-state index in [-0.39, 0.29) is 6.61 Å². The van der Waals surface area contributed by atoms with Crippen LogP contribution < -0.4 is 10.1 Å². The Balaban J connectivity index is 1.47. The number of benzene rings is 2. The predicted octanol–water partition coefficient (Wildman–Crippen LogP) is 5.28. The van der Waals surface area contributed by atoms with Gasteiger partial charge in [0.1, 0.15) is 36.0 Å². The number of halogens is 1. The van der Waals surface area contributed by atoms with E-state index in [0.29, 0.717) is 5.75 Å². The van der Waals surface area contributed by atoms with Crippen LogP contribution in [0, 0.1) is 0 Å². The average Bonchev–Trinajstić information content (AvgIpc) is 3.25. The Kier molecular flexibility index (Phi) is 6.54. The number of fused-ring (bicyclic) bond motifs is 1. The summed E-state index contributed by atoms with van der Waals surface area (Å²) in [6.07, 6.45) is 4.80. The molecule has 7 heteroatoms. The SMILES string of the molecule is CNc1ccc(/C=C/c2ccc(-c3nc4ccc(OCC(O)CF)cc4s3)cc2)cn1. The van der Waals surface area contributed by atoms with Crippen LogP contribution in [-0.2, 0) is 0 Å². The molecule has 2 heterocycles. The van der Waals surface area contributed by atoms with Gasteiger partial charge in [0.15, 0.2) is 0 Å². The lowest BCUT2D eigenvalue weighted by Crippen LogP contribution is -2.19. The van der Waals surface area contributed by atoms with E-state index in [1.54, 1.807) is 17.4 Å². The number of thiazole rings is 1. The van der Waals surface area contributed by atoms with Crippen molar-refractivity contribution in [3.8, 4) is 16.3 Å². The van der Waals surface area contributed by atoms with E-state index < -0.39 is 12.8 Å². The zero-order valence-corrected chi connectivity index (χ0v) is 17.8. The predicted molar refractivity (Wildman–Crippen MR) is 125 cm³/mol. The molecule has 0 bridgehead atoms. The summed E-state index contributed by atoms with van der Waals surface area (Å²) in [6.45, 7) is -0.893. The molecule has 0 amide bonds. The van der Waals surface area contributed by atoms with Gasteiger partial charge in [-0.15, -0.1) is 11.3 Å². The van der Waals surface area contributed by atoms with Gasteiger partial charge >= 0.3 is 0 Å². The van der Waals surface area contributed by atoms with Gasteiger partial charge in [0.25, 0.3) is 0 Å². The molecule has 2 aromatic heterocycles. The second kappa shape index (κ2) is 9.68. The van der Waals surface area contributed by atoms with Crippen LogP contribution in [0.15, 0.2) is 60.8 Å². The van der Waals surface area contributed by atoms with Gasteiger partial charge in [-0.1, -0.05) is 36.4 Å². The van der Waals surface area contributed by atoms with Crippen molar-refractivity contribution in [3.05, 3.63) is 71.9 Å². The third-order valence-corrected chi connectivity index (χ3v) is 5.72. The van der Waals surface area contributed by atoms with Gasteiger partial charge in [0.05, 0.1) is 10.2 Å². The molecule has 2 N–H and O–H groups in total. The molecule has 0 radical (unpaired) electrons. The van der Waals surface area contributed by atoms with Crippen molar-refractivity contribution >= 4 is 39.5 Å². The van der Waals surface area contributed by atoms with Crippen molar-refractivity contribution in [1.82, 2.24) is 9.97 Å². The number of aliphatic hydroxyl groups excluding tert-OH is 1. The van der Waals surface area contributed by atoms with E-state index in [9.17, 15) is 9.50 Å². The highest BCUT2D eigenvalue weighted by Gasteiger charge is 2.09. The fourth-order valence-corrected chi connectivity index (χ4v) is 3.94. The molecule has 158 valence electrons. The summed E-state index contributed by atoms with van der Waals surface area (Å²) in [6, 6.07) is 17.7. The summed E-state index contributed by atoms with van der Waals surface area (Å²) in [5.74, 6) is 1.43. The zero-order chi connectivity index (χ0) is 21.6. The van der Waals surface area contributed by atoms with Gasteiger partial charge in [0.2, 0.25) is 0 Å². The third kappa shape index (κ3) is 5.25. The van der Waals surface area contributed by atoms with E-state index >= 15 is 0 Å². The molecule has 1 unspecified atom stereocenters. The molecule has 0 saturated heterocycles. The summed E-state index contributed by atoms with van der Waals surface area (Å²) in [5, 5.41) is 13.2. The number of nitrogens with zero attached hydrogens (tertiary/aromatic N) is 2.